The third-order valence-electron chi connectivity index (χ3n) is 2.15. The van der Waals surface area contributed by atoms with Gasteiger partial charge in [0.2, 0.25) is 0 Å². The van der Waals surface area contributed by atoms with E-state index in [9.17, 15) is 0 Å². The summed E-state index contributed by atoms with van der Waals surface area (Å²) in [6.45, 7) is 1.56. The van der Waals surface area contributed by atoms with Crippen molar-refractivity contribution >= 4 is 23.2 Å². The molecule has 0 aliphatic rings. The molecule has 90 valence electrons. The van der Waals surface area contributed by atoms with Gasteiger partial charge in [-0.25, -0.2) is 0 Å². The topological polar surface area (TPSA) is 41.5 Å². The van der Waals surface area contributed by atoms with Gasteiger partial charge in [-0.2, -0.15) is 0 Å². The summed E-state index contributed by atoms with van der Waals surface area (Å²) >= 11 is 12.1. The van der Waals surface area contributed by atoms with Crippen molar-refractivity contribution in [2.45, 2.75) is 13.0 Å². The monoisotopic (exact) mass is 263 g/mol. The van der Waals surface area contributed by atoms with Crippen LogP contribution < -0.4 is 10.1 Å². The highest BCUT2D eigenvalue weighted by Crippen LogP contribution is 2.30. The van der Waals surface area contributed by atoms with Crippen LogP contribution in [-0.2, 0) is 6.54 Å². The van der Waals surface area contributed by atoms with Gasteiger partial charge in [0, 0.05) is 24.2 Å². The number of hydrogen-bond donors (Lipinski definition) is 2. The first kappa shape index (κ1) is 13.6. The normalized spacial score (nSPS) is 10.5. The Morgan fingerprint density at radius 1 is 1.31 bits per heavy atom. The van der Waals surface area contributed by atoms with Gasteiger partial charge in [-0.3, -0.25) is 0 Å². The fraction of sp³-hybridized carbons (Fsp3) is 0.455. The van der Waals surface area contributed by atoms with Crippen LogP contribution in [0.4, 0.5) is 0 Å². The van der Waals surface area contributed by atoms with Crippen LogP contribution in [0.3, 0.4) is 0 Å². The van der Waals surface area contributed by atoms with Crippen molar-refractivity contribution in [1.82, 2.24) is 5.32 Å². The summed E-state index contributed by atoms with van der Waals surface area (Å²) in [5.74, 6) is 0.575. The summed E-state index contributed by atoms with van der Waals surface area (Å²) in [5, 5.41) is 13.0. The highest BCUT2D eigenvalue weighted by Gasteiger charge is 2.07. The van der Waals surface area contributed by atoms with E-state index in [1.54, 1.807) is 19.2 Å². The molecule has 0 amide bonds. The average Bonchev–Trinajstić information content (AvgIpc) is 2.28. The Morgan fingerprint density at radius 3 is 2.69 bits per heavy atom. The van der Waals surface area contributed by atoms with Gasteiger partial charge >= 0.3 is 0 Å². The summed E-state index contributed by atoms with van der Waals surface area (Å²) in [5.41, 5.74) is 0.922. The van der Waals surface area contributed by atoms with E-state index in [0.29, 0.717) is 22.3 Å². The number of rotatable bonds is 6. The molecule has 0 aliphatic heterocycles. The van der Waals surface area contributed by atoms with Gasteiger partial charge < -0.3 is 15.2 Å². The second-order valence-electron chi connectivity index (χ2n) is 3.33. The molecule has 0 radical (unpaired) electrons. The Labute approximate surface area is 105 Å². The maximum atomic E-state index is 8.63. The minimum absolute atomic E-state index is 0.185. The number of aliphatic hydroxyl groups is 1. The molecule has 16 heavy (non-hydrogen) atoms. The number of benzene rings is 1. The Hall–Kier alpha value is -0.480. The smallest absolute Gasteiger partial charge is 0.138 e. The molecule has 0 atom stereocenters. The molecule has 5 heteroatoms. The summed E-state index contributed by atoms with van der Waals surface area (Å²) in [7, 11) is 1.55. The maximum absolute atomic E-state index is 8.63. The Morgan fingerprint density at radius 2 is 2.06 bits per heavy atom. The van der Waals surface area contributed by atoms with Gasteiger partial charge in [0.25, 0.3) is 0 Å². The molecule has 0 heterocycles. The van der Waals surface area contributed by atoms with Crippen molar-refractivity contribution in [2.24, 2.45) is 0 Å². The second kappa shape index (κ2) is 6.97. The van der Waals surface area contributed by atoms with Crippen LogP contribution in [-0.4, -0.2) is 25.4 Å². The third kappa shape index (κ3) is 3.83. The van der Waals surface area contributed by atoms with E-state index in [1.165, 1.54) is 0 Å². The minimum Gasteiger partial charge on any atom is -0.495 e. The molecule has 0 saturated carbocycles. The van der Waals surface area contributed by atoms with E-state index in [4.69, 9.17) is 33.0 Å². The molecule has 0 aliphatic carbocycles. The van der Waals surface area contributed by atoms with E-state index >= 15 is 0 Å². The standard InChI is InChI=1S/C11H15Cl2NO2/c1-16-11-6-9(12)8(5-10(11)13)7-14-3-2-4-15/h5-6,14-15H,2-4,7H2,1H3. The molecule has 2 N–H and O–H groups in total. The SMILES string of the molecule is COc1cc(Cl)c(CNCCCO)cc1Cl. The molecule has 0 fully saturated rings. The first-order valence-corrected chi connectivity index (χ1v) is 5.78. The fourth-order valence-electron chi connectivity index (χ4n) is 1.29. The van der Waals surface area contributed by atoms with Gasteiger partial charge in [0.05, 0.1) is 12.1 Å². The van der Waals surface area contributed by atoms with Crippen molar-refractivity contribution < 1.29 is 9.84 Å². The molecule has 0 saturated heterocycles. The summed E-state index contributed by atoms with van der Waals surface area (Å²) < 4.78 is 5.05. The van der Waals surface area contributed by atoms with Gasteiger partial charge in [-0.05, 0) is 24.6 Å². The largest absolute Gasteiger partial charge is 0.495 e. The number of halogens is 2. The van der Waals surface area contributed by atoms with Gasteiger partial charge in [-0.1, -0.05) is 23.2 Å². The molecular formula is C11H15Cl2NO2. The van der Waals surface area contributed by atoms with Crippen LogP contribution in [0, 0.1) is 0 Å². The van der Waals surface area contributed by atoms with Crippen molar-refractivity contribution in [1.29, 1.82) is 0 Å². The van der Waals surface area contributed by atoms with Crippen molar-refractivity contribution in [3.8, 4) is 5.75 Å². The van der Waals surface area contributed by atoms with E-state index in [0.717, 1.165) is 18.5 Å². The van der Waals surface area contributed by atoms with Crippen molar-refractivity contribution in [3.63, 3.8) is 0 Å². The van der Waals surface area contributed by atoms with E-state index in [-0.39, 0.29) is 6.61 Å². The summed E-state index contributed by atoms with van der Waals surface area (Å²) in [6.07, 6.45) is 0.724. The van der Waals surface area contributed by atoms with Crippen LogP contribution in [0.25, 0.3) is 0 Å². The van der Waals surface area contributed by atoms with E-state index in [1.807, 2.05) is 0 Å². The Balaban J connectivity index is 2.63. The zero-order chi connectivity index (χ0) is 12.0. The van der Waals surface area contributed by atoms with Crippen molar-refractivity contribution in [2.75, 3.05) is 20.3 Å². The molecule has 3 nitrogen and oxygen atoms in total. The molecule has 0 spiro atoms. The highest BCUT2D eigenvalue weighted by molar-refractivity contribution is 6.34. The zero-order valence-corrected chi connectivity index (χ0v) is 10.6. The molecule has 1 aromatic rings. The Bertz CT molecular complexity index is 345. The van der Waals surface area contributed by atoms with Crippen molar-refractivity contribution in [3.05, 3.63) is 27.7 Å². The first-order valence-electron chi connectivity index (χ1n) is 5.02. The lowest BCUT2D eigenvalue weighted by molar-refractivity contribution is 0.286. The Kier molecular flexibility index (Phi) is 5.91. The minimum atomic E-state index is 0.185. The van der Waals surface area contributed by atoms with Crippen LogP contribution in [0.5, 0.6) is 5.75 Å². The molecule has 0 aromatic heterocycles. The van der Waals surface area contributed by atoms with Crippen LogP contribution in [0.2, 0.25) is 10.0 Å². The number of nitrogens with one attached hydrogen (secondary N) is 1. The maximum Gasteiger partial charge on any atom is 0.138 e. The van der Waals surface area contributed by atoms with Gasteiger partial charge in [0.1, 0.15) is 5.75 Å². The summed E-state index contributed by atoms with van der Waals surface area (Å²) in [4.78, 5) is 0. The number of hydrogen-bond acceptors (Lipinski definition) is 3. The van der Waals surface area contributed by atoms with Gasteiger partial charge in [0.15, 0.2) is 0 Å². The molecule has 0 unspecified atom stereocenters. The number of aliphatic hydroxyl groups excluding tert-OH is 1. The number of ether oxygens (including phenoxy) is 1. The predicted molar refractivity (Wildman–Crippen MR) is 66.4 cm³/mol. The molecule has 1 aromatic carbocycles. The highest BCUT2D eigenvalue weighted by atomic mass is 35.5. The van der Waals surface area contributed by atoms with Crippen LogP contribution in [0.15, 0.2) is 12.1 Å². The fourth-order valence-corrected chi connectivity index (χ4v) is 1.77. The second-order valence-corrected chi connectivity index (χ2v) is 4.15. The third-order valence-corrected chi connectivity index (χ3v) is 2.80. The van der Waals surface area contributed by atoms with Crippen LogP contribution in [0.1, 0.15) is 12.0 Å². The summed E-state index contributed by atoms with van der Waals surface area (Å²) in [6, 6.07) is 3.49. The van der Waals surface area contributed by atoms with Gasteiger partial charge in [-0.15, -0.1) is 0 Å². The molecular weight excluding hydrogens is 249 g/mol. The number of methoxy groups -OCH3 is 1. The lowest BCUT2D eigenvalue weighted by Gasteiger charge is -2.09. The lowest BCUT2D eigenvalue weighted by atomic mass is 10.2. The van der Waals surface area contributed by atoms with Crippen LogP contribution >= 0.6 is 23.2 Å². The quantitative estimate of drug-likeness (QED) is 0.775. The molecule has 1 rings (SSSR count). The predicted octanol–water partition coefficient (Wildman–Crippen LogP) is 2.47. The molecule has 0 bridgehead atoms. The van der Waals surface area contributed by atoms with E-state index < -0.39 is 0 Å². The van der Waals surface area contributed by atoms with E-state index in [2.05, 4.69) is 5.32 Å². The zero-order valence-electron chi connectivity index (χ0n) is 9.09. The first-order chi connectivity index (χ1) is 7.69. The lowest BCUT2D eigenvalue weighted by Crippen LogP contribution is -2.16. The average molecular weight is 264 g/mol.